The minimum Gasteiger partial charge on any atom is -0.458 e. The Labute approximate surface area is 329 Å². The fourth-order valence-electron chi connectivity index (χ4n) is 10.9. The molecule has 0 unspecified atom stereocenters. The largest absolute Gasteiger partial charge is 0.458 e. The van der Waals surface area contributed by atoms with E-state index in [4.69, 9.17) is 37.9 Å². The van der Waals surface area contributed by atoms with Gasteiger partial charge >= 0.3 is 5.97 Å². The van der Waals surface area contributed by atoms with Gasteiger partial charge in [-0.2, -0.15) is 0 Å². The Morgan fingerprint density at radius 2 is 1.58 bits per heavy atom. The quantitative estimate of drug-likeness (QED) is 0.181. The summed E-state index contributed by atoms with van der Waals surface area (Å²) in [7, 11) is 9.16. The van der Waals surface area contributed by atoms with Crippen LogP contribution < -0.4 is 0 Å². The highest BCUT2D eigenvalue weighted by atomic mass is 16.7. The highest BCUT2D eigenvalue weighted by Gasteiger charge is 2.53. The van der Waals surface area contributed by atoms with Gasteiger partial charge in [-0.25, -0.2) is 0 Å². The number of allylic oxidation sites excluding steroid dienone is 5. The standard InChI is InChI=1S/C44H69NO10/c1-11-12-14-28-15-13-16-37(55-39-18-17-36(45(6)7)26(4)51-39)25(3)40(47)35-22-33-31(34(35)23-38(46)53-28)19-24(2)30-20-29(21-32(30)33)54-44-43(50-10)42(49-9)41(48-8)27(5)52-44/h12,14,19,22,25-34,36-37,39,41-44H,11,13,15-18,20-21,23H2,1-10H3/b14-12+/t25-,26-,27+,28+,29-,30+,31-,32-,33-,34+,36+,37+,39+,41+,42-,43-,44+/m1/s1. The lowest BCUT2D eigenvalue weighted by Gasteiger charge is -2.44. The van der Waals surface area contributed by atoms with Crippen molar-refractivity contribution in [2.75, 3.05) is 35.4 Å². The van der Waals surface area contributed by atoms with Gasteiger partial charge in [0.05, 0.1) is 30.8 Å². The Kier molecular flexibility index (Phi) is 14.5. The van der Waals surface area contributed by atoms with Gasteiger partial charge in [0.1, 0.15) is 24.4 Å². The van der Waals surface area contributed by atoms with Crippen molar-refractivity contribution >= 4 is 11.8 Å². The lowest BCUT2D eigenvalue weighted by molar-refractivity contribution is -0.314. The van der Waals surface area contributed by atoms with Gasteiger partial charge in [-0.15, -0.1) is 0 Å². The molecule has 11 nitrogen and oxygen atoms in total. The topological polar surface area (TPSA) is 111 Å². The van der Waals surface area contributed by atoms with E-state index >= 15 is 0 Å². The summed E-state index contributed by atoms with van der Waals surface area (Å²) in [4.78, 5) is 30.8. The van der Waals surface area contributed by atoms with Crippen LogP contribution in [-0.2, 0) is 47.5 Å². The van der Waals surface area contributed by atoms with Gasteiger partial charge in [-0.05, 0) is 122 Å². The number of likely N-dealkylation sites (N-methyl/N-ethyl adjacent to an activating group) is 1. The zero-order chi connectivity index (χ0) is 39.6. The summed E-state index contributed by atoms with van der Waals surface area (Å²) in [6.45, 7) is 10.4. The molecule has 0 radical (unpaired) electrons. The van der Waals surface area contributed by atoms with E-state index in [0.717, 1.165) is 44.1 Å². The first-order valence-electron chi connectivity index (χ1n) is 21.1. The zero-order valence-electron chi connectivity index (χ0n) is 35.0. The minimum atomic E-state index is -0.604. The van der Waals surface area contributed by atoms with Crippen molar-refractivity contribution in [3.8, 4) is 0 Å². The van der Waals surface area contributed by atoms with Gasteiger partial charge in [-0.3, -0.25) is 9.59 Å². The van der Waals surface area contributed by atoms with Crippen LogP contribution >= 0.6 is 0 Å². The van der Waals surface area contributed by atoms with Gasteiger partial charge in [-0.1, -0.05) is 37.6 Å². The van der Waals surface area contributed by atoms with Crippen molar-refractivity contribution in [1.29, 1.82) is 0 Å². The minimum absolute atomic E-state index is 0.0224. The Morgan fingerprint density at radius 1 is 0.836 bits per heavy atom. The SMILES string of the molecule is CC/C=C/[C@H]1CCC[C@H](O[C@H]2CC[C@H](N(C)C)[C@@H](C)O2)[C@@H](C)C(=O)C2=C[C@@H]3[C@@H](C=C(C)[C@@H]4C[C@@H](O[C@@H]5O[C@@H](C)[C@H](OC)[C@@H](OC)[C@H]5OC)C[C@@H]34)[C@@H]2CC(=O)O1. The van der Waals surface area contributed by atoms with Gasteiger partial charge in [0.2, 0.25) is 0 Å². The maximum absolute atomic E-state index is 14.8. The van der Waals surface area contributed by atoms with Gasteiger partial charge in [0.15, 0.2) is 18.4 Å². The molecule has 1 saturated carbocycles. The number of rotatable bonds is 10. The number of carbonyl (C=O) groups excluding carboxylic acids is 2. The average molecular weight is 772 g/mol. The second kappa shape index (κ2) is 18.7. The number of hydrogen-bond acceptors (Lipinski definition) is 11. The van der Waals surface area contributed by atoms with Crippen LogP contribution in [0.2, 0.25) is 0 Å². The van der Waals surface area contributed by atoms with Crippen LogP contribution in [0.25, 0.3) is 0 Å². The number of fused-ring (bicyclic) bond motifs is 5. The molecule has 3 aliphatic heterocycles. The van der Waals surface area contributed by atoms with Crippen LogP contribution in [0.5, 0.6) is 0 Å². The van der Waals surface area contributed by atoms with Crippen LogP contribution in [0.3, 0.4) is 0 Å². The first kappa shape index (κ1) is 42.6. The molecule has 6 rings (SSSR count). The van der Waals surface area contributed by atoms with E-state index in [1.54, 1.807) is 21.3 Å². The molecule has 0 N–H and O–H groups in total. The van der Waals surface area contributed by atoms with Gasteiger partial charge in [0.25, 0.3) is 0 Å². The van der Waals surface area contributed by atoms with Crippen LogP contribution in [0.15, 0.2) is 35.5 Å². The van der Waals surface area contributed by atoms with E-state index in [1.807, 2.05) is 19.9 Å². The molecule has 3 saturated heterocycles. The monoisotopic (exact) mass is 771 g/mol. The van der Waals surface area contributed by atoms with E-state index in [2.05, 4.69) is 58.0 Å². The van der Waals surface area contributed by atoms with Gasteiger partial charge in [0, 0.05) is 39.2 Å². The second-order valence-corrected chi connectivity index (χ2v) is 17.3. The molecule has 0 aromatic rings. The van der Waals surface area contributed by atoms with Crippen molar-refractivity contribution < 1.29 is 47.5 Å². The third kappa shape index (κ3) is 9.20. The van der Waals surface area contributed by atoms with Crippen molar-refractivity contribution in [2.45, 2.75) is 160 Å². The first-order valence-corrected chi connectivity index (χ1v) is 21.1. The van der Waals surface area contributed by atoms with Crippen LogP contribution in [-0.4, -0.2) is 120 Å². The summed E-state index contributed by atoms with van der Waals surface area (Å²) in [6, 6.07) is 0.329. The number of ketones is 1. The molecule has 0 aromatic heterocycles. The van der Waals surface area contributed by atoms with E-state index in [9.17, 15) is 9.59 Å². The predicted molar refractivity (Wildman–Crippen MR) is 208 cm³/mol. The molecule has 17 atom stereocenters. The highest BCUT2D eigenvalue weighted by molar-refractivity contribution is 5.99. The van der Waals surface area contributed by atoms with Crippen molar-refractivity contribution in [1.82, 2.24) is 4.90 Å². The summed E-state index contributed by atoms with van der Waals surface area (Å²) >= 11 is 0. The Morgan fingerprint density at radius 3 is 2.25 bits per heavy atom. The lowest BCUT2D eigenvalue weighted by atomic mass is 9.67. The molecule has 0 amide bonds. The third-order valence-electron chi connectivity index (χ3n) is 13.7. The molecule has 0 aromatic carbocycles. The van der Waals surface area contributed by atoms with E-state index < -0.39 is 12.4 Å². The first-order chi connectivity index (χ1) is 26.4. The molecule has 3 aliphatic carbocycles. The van der Waals surface area contributed by atoms with Crippen LogP contribution in [0, 0.1) is 35.5 Å². The summed E-state index contributed by atoms with van der Waals surface area (Å²) in [5, 5.41) is 0. The third-order valence-corrected chi connectivity index (χ3v) is 13.7. The fourth-order valence-corrected chi connectivity index (χ4v) is 10.9. The molecular weight excluding hydrogens is 702 g/mol. The second-order valence-electron chi connectivity index (χ2n) is 17.3. The predicted octanol–water partition coefficient (Wildman–Crippen LogP) is 6.43. The zero-order valence-corrected chi connectivity index (χ0v) is 35.0. The molecule has 11 heteroatoms. The van der Waals surface area contributed by atoms with E-state index in [-0.39, 0.29) is 96.8 Å². The van der Waals surface area contributed by atoms with Crippen molar-refractivity contribution in [2.24, 2.45) is 35.5 Å². The normalized spacial score (nSPS) is 44.2. The highest BCUT2D eigenvalue weighted by Crippen LogP contribution is 2.56. The molecule has 4 fully saturated rings. The molecule has 310 valence electrons. The van der Waals surface area contributed by atoms with Gasteiger partial charge < -0.3 is 42.8 Å². The van der Waals surface area contributed by atoms with Crippen molar-refractivity contribution in [3.63, 3.8) is 0 Å². The number of cyclic esters (lactones) is 1. The Balaban J connectivity index is 1.24. The molecule has 3 heterocycles. The number of hydrogen-bond donors (Lipinski definition) is 0. The summed E-state index contributed by atoms with van der Waals surface area (Å²) in [5.41, 5.74) is 2.05. The number of ether oxygens (including phenoxy) is 8. The lowest BCUT2D eigenvalue weighted by Crippen LogP contribution is -2.59. The maximum atomic E-state index is 14.8. The van der Waals surface area contributed by atoms with E-state index in [0.29, 0.717) is 24.8 Å². The number of carbonyl (C=O) groups is 2. The molecule has 55 heavy (non-hydrogen) atoms. The maximum Gasteiger partial charge on any atom is 0.307 e. The van der Waals surface area contributed by atoms with Crippen LogP contribution in [0.4, 0.5) is 0 Å². The van der Waals surface area contributed by atoms with Crippen molar-refractivity contribution in [3.05, 3.63) is 35.5 Å². The molecular formula is C44H69NO10. The van der Waals surface area contributed by atoms with E-state index in [1.165, 1.54) is 5.57 Å². The number of nitrogens with zero attached hydrogens (tertiary/aromatic N) is 1. The summed E-state index contributed by atoms with van der Waals surface area (Å²) < 4.78 is 49.9. The summed E-state index contributed by atoms with van der Waals surface area (Å²) in [5.74, 6) is -0.133. The Bertz CT molecular complexity index is 1410. The molecule has 6 aliphatic rings. The van der Waals surface area contributed by atoms with Crippen LogP contribution in [0.1, 0.15) is 92.4 Å². The number of methoxy groups -OCH3 is 3. The smallest absolute Gasteiger partial charge is 0.307 e. The average Bonchev–Trinajstić information content (AvgIpc) is 3.73. The Hall–Kier alpha value is -1.96. The molecule has 0 spiro atoms. The number of Topliss-reactive ketones (excluding diaryl/α,β-unsaturated/α-hetero) is 1. The molecule has 0 bridgehead atoms. The number of esters is 1. The summed E-state index contributed by atoms with van der Waals surface area (Å²) in [6.07, 6.45) is 12.3. The fraction of sp³-hybridized carbons (Fsp3) is 0.818.